The number of hydrogen-bond acceptors (Lipinski definition) is 6. The smallest absolute Gasteiger partial charge is 0.358 e. The maximum absolute atomic E-state index is 11.8. The van der Waals surface area contributed by atoms with Crippen LogP contribution in [0.3, 0.4) is 0 Å². The number of carbonyl (C=O) groups is 2. The number of anilines is 1. The fourth-order valence-corrected chi connectivity index (χ4v) is 3.04. The van der Waals surface area contributed by atoms with E-state index in [1.54, 1.807) is 6.92 Å². The molecule has 6 heteroatoms. The summed E-state index contributed by atoms with van der Waals surface area (Å²) >= 11 is 1.23. The van der Waals surface area contributed by atoms with Crippen molar-refractivity contribution >= 4 is 28.2 Å². The summed E-state index contributed by atoms with van der Waals surface area (Å²) in [5.74, 6) is 0.125. The van der Waals surface area contributed by atoms with Gasteiger partial charge in [0.05, 0.1) is 6.61 Å². The van der Waals surface area contributed by atoms with Gasteiger partial charge in [0.1, 0.15) is 4.88 Å². The number of hydrogen-bond donors (Lipinski definition) is 1. The number of nitrogens with one attached hydrogen (secondary N) is 1. The van der Waals surface area contributed by atoms with E-state index < -0.39 is 5.97 Å². The lowest BCUT2D eigenvalue weighted by Crippen LogP contribution is -2.16. The van der Waals surface area contributed by atoms with Crippen LogP contribution in [0.25, 0.3) is 0 Å². The molecule has 0 spiro atoms. The van der Waals surface area contributed by atoms with Crippen LogP contribution >= 0.6 is 11.3 Å². The number of esters is 1. The van der Waals surface area contributed by atoms with Gasteiger partial charge in [-0.15, -0.1) is 0 Å². The maximum atomic E-state index is 11.8. The van der Waals surface area contributed by atoms with Crippen molar-refractivity contribution in [1.82, 2.24) is 4.98 Å². The molecule has 0 amide bonds. The first-order valence-electron chi connectivity index (χ1n) is 6.96. The minimum Gasteiger partial charge on any atom is -0.461 e. The molecule has 0 aromatic carbocycles. The molecule has 0 saturated heterocycles. The molecule has 5 nitrogen and oxygen atoms in total. The van der Waals surface area contributed by atoms with Gasteiger partial charge in [-0.3, -0.25) is 4.79 Å². The third kappa shape index (κ3) is 3.79. The monoisotopic (exact) mass is 296 g/mol. The second-order valence-corrected chi connectivity index (χ2v) is 6.20. The summed E-state index contributed by atoms with van der Waals surface area (Å²) in [5.41, 5.74) is 0.130. The second-order valence-electron chi connectivity index (χ2n) is 5.20. The standard InChI is InChI=1S/C14H20N2O3S/c1-4-19-13(18)11-12(9(3)17)20-14(16-11)15-8(2)7-10-5-6-10/h8,10H,4-7H2,1-3H3,(H,15,16). The average Bonchev–Trinajstić information content (AvgIpc) is 3.06. The highest BCUT2D eigenvalue weighted by Crippen LogP contribution is 2.34. The summed E-state index contributed by atoms with van der Waals surface area (Å²) < 4.78 is 4.94. The Balaban J connectivity index is 2.10. The van der Waals surface area contributed by atoms with E-state index >= 15 is 0 Å². The lowest BCUT2D eigenvalue weighted by Gasteiger charge is -2.11. The van der Waals surface area contributed by atoms with Crippen LogP contribution in [-0.4, -0.2) is 29.4 Å². The Bertz CT molecular complexity index is 509. The summed E-state index contributed by atoms with van der Waals surface area (Å²) in [7, 11) is 0. The number of carbonyl (C=O) groups excluding carboxylic acids is 2. The Morgan fingerprint density at radius 2 is 2.20 bits per heavy atom. The molecule has 0 aliphatic heterocycles. The van der Waals surface area contributed by atoms with Crippen molar-refractivity contribution in [1.29, 1.82) is 0 Å². The Kier molecular flexibility index (Phi) is 4.75. The molecule has 1 atom stereocenters. The number of ketones is 1. The molecule has 1 aromatic rings. The summed E-state index contributed by atoms with van der Waals surface area (Å²) in [6, 6.07) is 0.295. The highest BCUT2D eigenvalue weighted by molar-refractivity contribution is 7.17. The van der Waals surface area contributed by atoms with Crippen LogP contribution < -0.4 is 5.32 Å². The molecule has 0 radical (unpaired) electrons. The summed E-state index contributed by atoms with van der Waals surface area (Å²) in [6.45, 7) is 5.54. The molecule has 2 rings (SSSR count). The Morgan fingerprint density at radius 1 is 1.50 bits per heavy atom. The molecule has 1 heterocycles. The zero-order valence-corrected chi connectivity index (χ0v) is 12.9. The van der Waals surface area contributed by atoms with Crippen molar-refractivity contribution in [2.24, 2.45) is 5.92 Å². The van der Waals surface area contributed by atoms with Crippen molar-refractivity contribution in [2.45, 2.75) is 46.1 Å². The quantitative estimate of drug-likeness (QED) is 0.618. The largest absolute Gasteiger partial charge is 0.461 e. The fourth-order valence-electron chi connectivity index (χ4n) is 2.08. The van der Waals surface area contributed by atoms with Crippen LogP contribution in [0, 0.1) is 5.92 Å². The van der Waals surface area contributed by atoms with Crippen molar-refractivity contribution in [2.75, 3.05) is 11.9 Å². The van der Waals surface area contributed by atoms with E-state index in [4.69, 9.17) is 4.74 Å². The molecule has 1 N–H and O–H groups in total. The van der Waals surface area contributed by atoms with Crippen LogP contribution in [0.1, 0.15) is 60.2 Å². The number of aromatic nitrogens is 1. The zero-order chi connectivity index (χ0) is 14.7. The van der Waals surface area contributed by atoms with Gasteiger partial charge in [-0.25, -0.2) is 9.78 Å². The van der Waals surface area contributed by atoms with Crippen molar-refractivity contribution < 1.29 is 14.3 Å². The van der Waals surface area contributed by atoms with Gasteiger partial charge in [-0.05, 0) is 26.2 Å². The van der Waals surface area contributed by atoms with Gasteiger partial charge < -0.3 is 10.1 Å². The molecule has 20 heavy (non-hydrogen) atoms. The van der Waals surface area contributed by atoms with Gasteiger partial charge in [-0.2, -0.15) is 0 Å². The van der Waals surface area contributed by atoms with Crippen LogP contribution in [0.4, 0.5) is 5.13 Å². The van der Waals surface area contributed by atoms with E-state index in [2.05, 4.69) is 17.2 Å². The first-order valence-corrected chi connectivity index (χ1v) is 7.78. The van der Waals surface area contributed by atoms with E-state index in [1.807, 2.05) is 0 Å². The molecule has 1 fully saturated rings. The fraction of sp³-hybridized carbons (Fsp3) is 0.643. The zero-order valence-electron chi connectivity index (χ0n) is 12.1. The maximum Gasteiger partial charge on any atom is 0.358 e. The lowest BCUT2D eigenvalue weighted by atomic mass is 10.2. The van der Waals surface area contributed by atoms with Gasteiger partial charge in [0.2, 0.25) is 0 Å². The van der Waals surface area contributed by atoms with Gasteiger partial charge in [0.15, 0.2) is 16.6 Å². The molecular formula is C14H20N2O3S. The molecule has 1 unspecified atom stereocenters. The third-order valence-electron chi connectivity index (χ3n) is 3.17. The predicted molar refractivity (Wildman–Crippen MR) is 78.5 cm³/mol. The number of nitrogens with zero attached hydrogens (tertiary/aromatic N) is 1. The van der Waals surface area contributed by atoms with E-state index in [1.165, 1.54) is 31.1 Å². The lowest BCUT2D eigenvalue weighted by molar-refractivity contribution is 0.0517. The van der Waals surface area contributed by atoms with Gasteiger partial charge in [-0.1, -0.05) is 24.2 Å². The first kappa shape index (κ1) is 15.0. The van der Waals surface area contributed by atoms with E-state index in [0.717, 1.165) is 12.3 Å². The highest BCUT2D eigenvalue weighted by Gasteiger charge is 2.26. The van der Waals surface area contributed by atoms with Crippen molar-refractivity contribution in [3.63, 3.8) is 0 Å². The highest BCUT2D eigenvalue weighted by atomic mass is 32.1. The number of Topliss-reactive ketones (excluding diaryl/α,β-unsaturated/α-hetero) is 1. The summed E-state index contributed by atoms with van der Waals surface area (Å²) in [4.78, 5) is 28.0. The topological polar surface area (TPSA) is 68.3 Å². The van der Waals surface area contributed by atoms with Gasteiger partial charge >= 0.3 is 5.97 Å². The molecule has 1 aromatic heterocycles. The average molecular weight is 296 g/mol. The Labute approximate surface area is 122 Å². The molecule has 1 aliphatic carbocycles. The van der Waals surface area contributed by atoms with Crippen LogP contribution in [0.2, 0.25) is 0 Å². The molecule has 1 aliphatic rings. The van der Waals surface area contributed by atoms with Gasteiger partial charge in [0.25, 0.3) is 0 Å². The first-order chi connectivity index (χ1) is 9.51. The Morgan fingerprint density at radius 3 is 2.75 bits per heavy atom. The van der Waals surface area contributed by atoms with E-state index in [-0.39, 0.29) is 18.1 Å². The van der Waals surface area contributed by atoms with Crippen LogP contribution in [-0.2, 0) is 4.74 Å². The number of thiazole rings is 1. The predicted octanol–water partition coefficient (Wildman–Crippen LogP) is 3.12. The van der Waals surface area contributed by atoms with E-state index in [0.29, 0.717) is 16.1 Å². The molecular weight excluding hydrogens is 276 g/mol. The van der Waals surface area contributed by atoms with Crippen LogP contribution in [0.15, 0.2) is 0 Å². The number of rotatable bonds is 7. The normalized spacial score (nSPS) is 15.8. The van der Waals surface area contributed by atoms with Crippen molar-refractivity contribution in [3.05, 3.63) is 10.6 Å². The van der Waals surface area contributed by atoms with E-state index in [9.17, 15) is 9.59 Å². The second kappa shape index (κ2) is 6.35. The molecule has 1 saturated carbocycles. The van der Waals surface area contributed by atoms with Gasteiger partial charge in [0, 0.05) is 13.0 Å². The molecule has 0 bridgehead atoms. The minimum atomic E-state index is -0.531. The minimum absolute atomic E-state index is 0.130. The summed E-state index contributed by atoms with van der Waals surface area (Å²) in [5, 5.41) is 3.89. The Hall–Kier alpha value is -1.43. The number of ether oxygens (including phenoxy) is 1. The summed E-state index contributed by atoms with van der Waals surface area (Å²) in [6.07, 6.45) is 3.71. The van der Waals surface area contributed by atoms with Crippen LogP contribution in [0.5, 0.6) is 0 Å². The third-order valence-corrected chi connectivity index (χ3v) is 4.26. The molecule has 110 valence electrons. The SMILES string of the molecule is CCOC(=O)c1nc(NC(C)CC2CC2)sc1C(C)=O. The van der Waals surface area contributed by atoms with Crippen molar-refractivity contribution in [3.8, 4) is 0 Å².